The van der Waals surface area contributed by atoms with Crippen molar-refractivity contribution in [2.75, 3.05) is 0 Å². The zero-order valence-electron chi connectivity index (χ0n) is 16.4. The Morgan fingerprint density at radius 3 is 2.32 bits per heavy atom. The summed E-state index contributed by atoms with van der Waals surface area (Å²) in [5, 5.41) is 7.88. The van der Waals surface area contributed by atoms with Crippen LogP contribution in [0.25, 0.3) is 0 Å². The molecule has 0 radical (unpaired) electrons. The van der Waals surface area contributed by atoms with E-state index in [1.165, 1.54) is 0 Å². The third-order valence-electron chi connectivity index (χ3n) is 4.50. The summed E-state index contributed by atoms with van der Waals surface area (Å²) in [6.45, 7) is 0.500. The number of sulfone groups is 1. The Morgan fingerprint density at radius 1 is 0.839 bits per heavy atom. The topological polar surface area (TPSA) is 82.3 Å². The Labute approximate surface area is 189 Å². The minimum absolute atomic E-state index is 0.0674. The monoisotopic (exact) mass is 498 g/mol. The lowest BCUT2D eigenvalue weighted by molar-refractivity contribution is 0.306. The van der Waals surface area contributed by atoms with E-state index < -0.39 is 9.84 Å². The molecule has 158 valence electrons. The summed E-state index contributed by atoms with van der Waals surface area (Å²) < 4.78 is 37.2. The number of benzene rings is 3. The molecule has 0 bridgehead atoms. The molecule has 0 fully saturated rings. The van der Waals surface area contributed by atoms with Gasteiger partial charge in [0.15, 0.2) is 9.84 Å². The molecular formula is C23H19BrN2O4S. The van der Waals surface area contributed by atoms with Crippen molar-refractivity contribution in [2.45, 2.75) is 23.7 Å². The molecule has 0 amide bonds. The van der Waals surface area contributed by atoms with Crippen molar-refractivity contribution in [3.05, 3.63) is 106 Å². The Balaban J connectivity index is 1.36. The van der Waals surface area contributed by atoms with Crippen LogP contribution in [-0.4, -0.2) is 18.6 Å². The minimum atomic E-state index is -3.57. The highest BCUT2D eigenvalue weighted by molar-refractivity contribution is 9.10. The standard InChI is InChI=1S/C23H19BrN2O4S/c24-19-7-4-8-21(14-19)31(27,28)16-23-26-25-22(30-23)13-17-9-11-20(12-10-17)29-15-18-5-2-1-3-6-18/h1-12,14H,13,15-16H2. The van der Waals surface area contributed by atoms with Gasteiger partial charge in [-0.2, -0.15) is 0 Å². The second-order valence-electron chi connectivity index (χ2n) is 6.90. The Hall–Kier alpha value is -2.97. The third-order valence-corrected chi connectivity index (χ3v) is 6.60. The van der Waals surface area contributed by atoms with E-state index in [1.807, 2.05) is 54.6 Å². The van der Waals surface area contributed by atoms with Crippen LogP contribution < -0.4 is 4.74 Å². The van der Waals surface area contributed by atoms with Gasteiger partial charge in [-0.1, -0.05) is 64.5 Å². The van der Waals surface area contributed by atoms with Crippen LogP contribution in [0.1, 0.15) is 22.9 Å². The first kappa shape index (κ1) is 21.3. The summed E-state index contributed by atoms with van der Waals surface area (Å²) in [7, 11) is -3.57. The zero-order chi connectivity index (χ0) is 21.7. The fourth-order valence-electron chi connectivity index (χ4n) is 2.94. The first-order valence-corrected chi connectivity index (χ1v) is 12.0. The van der Waals surface area contributed by atoms with E-state index in [2.05, 4.69) is 26.1 Å². The molecule has 8 heteroatoms. The highest BCUT2D eigenvalue weighted by Crippen LogP contribution is 2.21. The second kappa shape index (κ2) is 9.45. The van der Waals surface area contributed by atoms with Crippen LogP contribution in [0.2, 0.25) is 0 Å². The van der Waals surface area contributed by atoms with Crippen molar-refractivity contribution in [1.82, 2.24) is 10.2 Å². The SMILES string of the molecule is O=S(=O)(Cc1nnc(Cc2ccc(OCc3ccccc3)cc2)o1)c1cccc(Br)c1. The molecule has 0 saturated carbocycles. The zero-order valence-corrected chi connectivity index (χ0v) is 18.8. The van der Waals surface area contributed by atoms with Crippen molar-refractivity contribution in [3.8, 4) is 5.75 Å². The molecule has 1 heterocycles. The van der Waals surface area contributed by atoms with E-state index in [1.54, 1.807) is 24.3 Å². The smallest absolute Gasteiger partial charge is 0.231 e. The van der Waals surface area contributed by atoms with E-state index in [-0.39, 0.29) is 16.5 Å². The van der Waals surface area contributed by atoms with E-state index in [4.69, 9.17) is 9.15 Å². The molecule has 0 N–H and O–H groups in total. The van der Waals surface area contributed by atoms with Gasteiger partial charge in [0.1, 0.15) is 18.1 Å². The molecule has 1 aromatic heterocycles. The molecule has 0 aliphatic carbocycles. The lowest BCUT2D eigenvalue weighted by Crippen LogP contribution is -2.05. The summed E-state index contributed by atoms with van der Waals surface area (Å²) in [6, 6.07) is 24.1. The van der Waals surface area contributed by atoms with Crippen LogP contribution >= 0.6 is 15.9 Å². The predicted octanol–water partition coefficient (Wildman–Crippen LogP) is 4.98. The largest absolute Gasteiger partial charge is 0.489 e. The first-order chi connectivity index (χ1) is 15.0. The minimum Gasteiger partial charge on any atom is -0.489 e. The van der Waals surface area contributed by atoms with Crippen molar-refractivity contribution in [2.24, 2.45) is 0 Å². The summed E-state index contributed by atoms with van der Waals surface area (Å²) in [5.41, 5.74) is 2.06. The Morgan fingerprint density at radius 2 is 1.58 bits per heavy atom. The first-order valence-electron chi connectivity index (χ1n) is 9.53. The number of hydrogen-bond donors (Lipinski definition) is 0. The van der Waals surface area contributed by atoms with Gasteiger partial charge >= 0.3 is 0 Å². The van der Waals surface area contributed by atoms with Gasteiger partial charge in [0.2, 0.25) is 11.8 Å². The Kier molecular flexibility index (Phi) is 6.48. The van der Waals surface area contributed by atoms with Crippen LogP contribution in [0.4, 0.5) is 0 Å². The molecule has 0 saturated heterocycles. The molecule has 31 heavy (non-hydrogen) atoms. The van der Waals surface area contributed by atoms with E-state index >= 15 is 0 Å². The molecule has 4 aromatic rings. The maximum atomic E-state index is 12.6. The van der Waals surface area contributed by atoms with E-state index in [0.717, 1.165) is 16.9 Å². The number of ether oxygens (including phenoxy) is 1. The van der Waals surface area contributed by atoms with Gasteiger partial charge < -0.3 is 9.15 Å². The Bertz CT molecular complexity index is 1260. The maximum Gasteiger partial charge on any atom is 0.231 e. The average Bonchev–Trinajstić information content (AvgIpc) is 3.20. The van der Waals surface area contributed by atoms with Gasteiger partial charge in [0.25, 0.3) is 0 Å². The molecular weight excluding hydrogens is 480 g/mol. The molecule has 0 spiro atoms. The van der Waals surface area contributed by atoms with Gasteiger partial charge in [-0.15, -0.1) is 10.2 Å². The average molecular weight is 499 g/mol. The molecule has 0 unspecified atom stereocenters. The molecule has 0 aliphatic rings. The number of hydrogen-bond acceptors (Lipinski definition) is 6. The summed E-state index contributed by atoms with van der Waals surface area (Å²) in [4.78, 5) is 0.202. The molecule has 3 aromatic carbocycles. The van der Waals surface area contributed by atoms with Crippen LogP contribution in [0.3, 0.4) is 0 Å². The number of halogens is 1. The van der Waals surface area contributed by atoms with Gasteiger partial charge in [-0.25, -0.2) is 8.42 Å². The fourth-order valence-corrected chi connectivity index (χ4v) is 4.70. The van der Waals surface area contributed by atoms with Crippen molar-refractivity contribution >= 4 is 25.8 Å². The van der Waals surface area contributed by atoms with Gasteiger partial charge in [0, 0.05) is 4.47 Å². The molecule has 6 nitrogen and oxygen atoms in total. The highest BCUT2D eigenvalue weighted by atomic mass is 79.9. The van der Waals surface area contributed by atoms with E-state index in [9.17, 15) is 8.42 Å². The van der Waals surface area contributed by atoms with E-state index in [0.29, 0.717) is 23.4 Å². The van der Waals surface area contributed by atoms with Gasteiger partial charge in [0.05, 0.1) is 11.3 Å². The maximum absolute atomic E-state index is 12.6. The lowest BCUT2D eigenvalue weighted by atomic mass is 10.1. The van der Waals surface area contributed by atoms with Crippen LogP contribution in [0.15, 0.2) is 92.6 Å². The summed E-state index contributed by atoms with van der Waals surface area (Å²) in [5.74, 6) is 0.844. The molecule has 0 atom stereocenters. The number of rotatable bonds is 8. The second-order valence-corrected chi connectivity index (χ2v) is 9.81. The fraction of sp³-hybridized carbons (Fsp3) is 0.130. The van der Waals surface area contributed by atoms with Crippen LogP contribution in [-0.2, 0) is 28.6 Å². The third kappa shape index (κ3) is 5.80. The van der Waals surface area contributed by atoms with Crippen LogP contribution in [0.5, 0.6) is 5.75 Å². The van der Waals surface area contributed by atoms with Gasteiger partial charge in [-0.05, 0) is 41.5 Å². The normalized spacial score (nSPS) is 11.4. The molecule has 4 rings (SSSR count). The van der Waals surface area contributed by atoms with Gasteiger partial charge in [-0.3, -0.25) is 0 Å². The highest BCUT2D eigenvalue weighted by Gasteiger charge is 2.20. The van der Waals surface area contributed by atoms with Crippen molar-refractivity contribution in [3.63, 3.8) is 0 Å². The predicted molar refractivity (Wildman–Crippen MR) is 119 cm³/mol. The summed E-state index contributed by atoms with van der Waals surface area (Å²) in [6.07, 6.45) is 0.406. The van der Waals surface area contributed by atoms with Crippen molar-refractivity contribution < 1.29 is 17.6 Å². The van der Waals surface area contributed by atoms with Crippen molar-refractivity contribution in [1.29, 1.82) is 0 Å². The lowest BCUT2D eigenvalue weighted by Gasteiger charge is -2.06. The summed E-state index contributed by atoms with van der Waals surface area (Å²) >= 11 is 3.28. The molecule has 0 aliphatic heterocycles. The number of aromatic nitrogens is 2. The van der Waals surface area contributed by atoms with Crippen LogP contribution in [0, 0.1) is 0 Å². The quantitative estimate of drug-likeness (QED) is 0.340. The number of nitrogens with zero attached hydrogens (tertiary/aromatic N) is 2.